The normalized spacial score (nSPS) is 10.9. The van der Waals surface area contributed by atoms with Gasteiger partial charge in [0.1, 0.15) is 5.75 Å². The molecule has 0 spiro atoms. The zero-order valence-corrected chi connectivity index (χ0v) is 40.9. The van der Waals surface area contributed by atoms with Gasteiger partial charge in [0.25, 0.3) is 0 Å². The number of ether oxygens (including phenoxy) is 1. The van der Waals surface area contributed by atoms with Crippen LogP contribution in [0.2, 0.25) is 0 Å². The quantitative estimate of drug-likeness (QED) is 0.169. The summed E-state index contributed by atoms with van der Waals surface area (Å²) in [5.74, 6) is 0.872. The molecule has 0 atom stereocenters. The summed E-state index contributed by atoms with van der Waals surface area (Å²) in [6.45, 7) is 5.99. The van der Waals surface area contributed by atoms with Crippen LogP contribution >= 0.6 is 38.6 Å². The van der Waals surface area contributed by atoms with Crippen LogP contribution in [0.1, 0.15) is 19.4 Å². The lowest BCUT2D eigenvalue weighted by atomic mass is 9.75. The Labute approximate surface area is 408 Å². The second-order valence-corrected chi connectivity index (χ2v) is 19.1. The molecule has 3 nitrogen and oxygen atoms in total. The molecule has 0 aliphatic rings. The minimum atomic E-state index is -1.43. The largest absolute Gasteiger partial charge is 0.497 e. The van der Waals surface area contributed by atoms with Gasteiger partial charge in [-0.3, -0.25) is 0 Å². The fourth-order valence-corrected chi connectivity index (χ4v) is 11.6. The molecule has 67 heavy (non-hydrogen) atoms. The molecule has 328 valence electrons. The molecule has 0 unspecified atom stereocenters. The van der Waals surface area contributed by atoms with Crippen molar-refractivity contribution < 1.29 is 14.8 Å². The number of methoxy groups -OCH3 is 1. The Morgan fingerprint density at radius 1 is 0.433 bits per heavy atom. The molecule has 0 saturated heterocycles. The molecule has 2 heterocycles. The van der Waals surface area contributed by atoms with Gasteiger partial charge in [-0.25, -0.2) is 0 Å². The number of halogens is 1. The second kappa shape index (κ2) is 20.5. The topological polar surface area (TPSA) is 49.7 Å². The first-order valence-corrected chi connectivity index (χ1v) is 24.8. The molecule has 12 aromatic rings. The van der Waals surface area contributed by atoms with E-state index < -0.39 is 7.12 Å². The van der Waals surface area contributed by atoms with Gasteiger partial charge >= 0.3 is 7.12 Å². The molecule has 0 fully saturated rings. The van der Waals surface area contributed by atoms with E-state index in [4.69, 9.17) is 4.74 Å². The maximum atomic E-state index is 9.31. The van der Waals surface area contributed by atoms with Crippen LogP contribution in [0.25, 0.3) is 95.3 Å². The summed E-state index contributed by atoms with van der Waals surface area (Å²) in [4.78, 5) is 0. The number of hydrogen-bond donors (Lipinski definition) is 2. The number of aryl methyl sites for hydroxylation is 1. The highest BCUT2D eigenvalue weighted by Crippen LogP contribution is 2.43. The third-order valence-corrected chi connectivity index (χ3v) is 14.6. The summed E-state index contributed by atoms with van der Waals surface area (Å²) < 4.78 is 12.0. The van der Waals surface area contributed by atoms with Crippen molar-refractivity contribution in [1.82, 2.24) is 0 Å². The first-order chi connectivity index (χ1) is 32.8. The third-order valence-electron chi connectivity index (χ3n) is 11.9. The van der Waals surface area contributed by atoms with Crippen molar-refractivity contribution in [3.05, 3.63) is 216 Å². The van der Waals surface area contributed by atoms with Crippen molar-refractivity contribution in [3.63, 3.8) is 0 Å². The van der Waals surface area contributed by atoms with E-state index in [1.807, 2.05) is 92.0 Å². The monoisotopic (exact) mass is 970 g/mol. The second-order valence-electron chi connectivity index (χ2n) is 16.0. The Bertz CT molecular complexity index is 3660. The van der Waals surface area contributed by atoms with E-state index in [-0.39, 0.29) is 0 Å². The lowest BCUT2D eigenvalue weighted by Crippen LogP contribution is -2.31. The highest BCUT2D eigenvalue weighted by molar-refractivity contribution is 9.10. The van der Waals surface area contributed by atoms with E-state index >= 15 is 0 Å². The van der Waals surface area contributed by atoms with Gasteiger partial charge in [0, 0.05) is 44.8 Å². The predicted octanol–water partition coefficient (Wildman–Crippen LogP) is 16.9. The smallest absolute Gasteiger partial charge is 0.489 e. The van der Waals surface area contributed by atoms with Crippen LogP contribution in [0.3, 0.4) is 0 Å². The van der Waals surface area contributed by atoms with Crippen molar-refractivity contribution in [1.29, 1.82) is 0 Å². The van der Waals surface area contributed by atoms with Crippen LogP contribution in [0.5, 0.6) is 5.75 Å². The van der Waals surface area contributed by atoms with Crippen LogP contribution < -0.4 is 10.2 Å². The first-order valence-electron chi connectivity index (χ1n) is 22.4. The lowest BCUT2D eigenvalue weighted by Gasteiger charge is -2.12. The summed E-state index contributed by atoms with van der Waals surface area (Å²) in [5.41, 5.74) is 8.33. The molecule has 2 N–H and O–H groups in total. The van der Waals surface area contributed by atoms with Gasteiger partial charge in [-0.05, 0) is 110 Å². The number of hydrogen-bond acceptors (Lipinski definition) is 5. The molecule has 0 radical (unpaired) electrons. The van der Waals surface area contributed by atoms with Gasteiger partial charge in [0.2, 0.25) is 0 Å². The molecule has 10 aromatic carbocycles. The van der Waals surface area contributed by atoms with Gasteiger partial charge in [-0.15, -0.1) is 22.7 Å². The fourth-order valence-electron chi connectivity index (χ4n) is 8.76. The summed E-state index contributed by atoms with van der Waals surface area (Å²) in [6, 6.07) is 71.8. The molecule has 0 aliphatic carbocycles. The molecule has 0 aliphatic heterocycles. The third kappa shape index (κ3) is 9.53. The Morgan fingerprint density at radius 2 is 0.970 bits per heavy atom. The zero-order valence-electron chi connectivity index (χ0n) is 37.7. The van der Waals surface area contributed by atoms with Crippen molar-refractivity contribution in [3.8, 4) is 39.1 Å². The minimum absolute atomic E-state index is 0.539. The van der Waals surface area contributed by atoms with Gasteiger partial charge in [0.15, 0.2) is 0 Å². The number of benzene rings is 10. The first kappa shape index (κ1) is 45.6. The van der Waals surface area contributed by atoms with Crippen LogP contribution in [0, 0.1) is 6.92 Å². The van der Waals surface area contributed by atoms with Crippen molar-refractivity contribution in [2.45, 2.75) is 20.8 Å². The van der Waals surface area contributed by atoms with E-state index in [1.54, 1.807) is 13.2 Å². The number of fused-ring (bicyclic) bond motifs is 10. The van der Waals surface area contributed by atoms with Crippen molar-refractivity contribution >= 4 is 113 Å². The maximum Gasteiger partial charge on any atom is 0.489 e. The van der Waals surface area contributed by atoms with Crippen molar-refractivity contribution in [2.24, 2.45) is 0 Å². The molecule has 0 bridgehead atoms. The number of rotatable bonds is 5. The minimum Gasteiger partial charge on any atom is -0.497 e. The van der Waals surface area contributed by atoms with E-state index in [1.165, 1.54) is 84.1 Å². The Balaban J connectivity index is 0.000000133. The molecule has 0 amide bonds. The molecular formula is C60H48BBrO3S2. The Hall–Kier alpha value is -6.58. The zero-order chi connectivity index (χ0) is 46.4. The summed E-state index contributed by atoms with van der Waals surface area (Å²) in [5, 5.41) is 29.3. The lowest BCUT2D eigenvalue weighted by molar-refractivity contribution is 0.415. The van der Waals surface area contributed by atoms with E-state index in [2.05, 4.69) is 168 Å². The molecule has 7 heteroatoms. The molecular weight excluding hydrogens is 924 g/mol. The fraction of sp³-hybridized carbons (Fsp3) is 0.0667. The SMILES string of the molecule is Brc1ccc2c(c1)sc1ccc3ccccc3c12.CC.COc1ccc(-c2ccc3c(c2)sc2ccc4ccccc4c23)c(-c2ccccc2)c1.Cc1ccc(B(O)O)c(-c2ccccc2)c1. The predicted molar refractivity (Wildman–Crippen MR) is 297 cm³/mol. The van der Waals surface area contributed by atoms with Gasteiger partial charge in [-0.1, -0.05) is 199 Å². The molecule has 12 rings (SSSR count). The van der Waals surface area contributed by atoms with Gasteiger partial charge in [-0.2, -0.15) is 0 Å². The average Bonchev–Trinajstić information content (AvgIpc) is 3.96. The van der Waals surface area contributed by atoms with E-state index in [0.717, 1.165) is 26.9 Å². The standard InChI is InChI=1S/C29H20OS.C16H9BrS.C13H13BO2.C2H6/c1-30-22-13-15-23(26(18-22)19-7-3-2-4-8-19)21-11-14-25-28(17-21)31-27-16-12-20-9-5-6-10-24(20)29(25)27;17-11-6-7-13-15(9-11)18-14-8-5-10-3-1-2-4-12(10)16(13)14;1-10-7-8-13(14(15)16)12(9-10)11-5-3-2-4-6-11;1-2/h2-18H,1H3;1-9H;2-9,15-16H,1H3;1-2H3. The van der Waals surface area contributed by atoms with E-state index in [0.29, 0.717) is 5.46 Å². The highest BCUT2D eigenvalue weighted by atomic mass is 79.9. The summed E-state index contributed by atoms with van der Waals surface area (Å²) in [7, 11) is 0.285. The van der Waals surface area contributed by atoms with Crippen molar-refractivity contribution in [2.75, 3.05) is 7.11 Å². The Morgan fingerprint density at radius 3 is 1.55 bits per heavy atom. The maximum absolute atomic E-state index is 9.31. The summed E-state index contributed by atoms with van der Waals surface area (Å²) in [6.07, 6.45) is 0. The van der Waals surface area contributed by atoms with Gasteiger partial charge < -0.3 is 14.8 Å². The number of thiophene rings is 2. The van der Waals surface area contributed by atoms with Crippen LogP contribution in [-0.4, -0.2) is 24.3 Å². The molecule has 0 saturated carbocycles. The average molecular weight is 972 g/mol. The highest BCUT2D eigenvalue weighted by Gasteiger charge is 2.17. The summed E-state index contributed by atoms with van der Waals surface area (Å²) >= 11 is 7.28. The van der Waals surface area contributed by atoms with Gasteiger partial charge in [0.05, 0.1) is 7.11 Å². The van der Waals surface area contributed by atoms with Crippen LogP contribution in [0.15, 0.2) is 211 Å². The molecule has 2 aromatic heterocycles. The Kier molecular flexibility index (Phi) is 14.0. The van der Waals surface area contributed by atoms with E-state index in [9.17, 15) is 10.0 Å². The van der Waals surface area contributed by atoms with Crippen LogP contribution in [-0.2, 0) is 0 Å². The van der Waals surface area contributed by atoms with Crippen LogP contribution in [0.4, 0.5) is 0 Å².